The third-order valence-electron chi connectivity index (χ3n) is 9.76. The fraction of sp³-hybridized carbons (Fsp3) is 0.257. The minimum Gasteiger partial charge on any atom is -0.480 e. The molecule has 4 heterocycles. The van der Waals surface area contributed by atoms with Gasteiger partial charge in [0.05, 0.1) is 23.1 Å². The van der Waals surface area contributed by atoms with Gasteiger partial charge in [0.2, 0.25) is 11.8 Å². The highest BCUT2D eigenvalue weighted by Gasteiger charge is 2.68. The van der Waals surface area contributed by atoms with Crippen molar-refractivity contribution in [1.29, 1.82) is 0 Å². The predicted octanol–water partition coefficient (Wildman–Crippen LogP) is 2.15. The summed E-state index contributed by atoms with van der Waals surface area (Å²) >= 11 is 0. The van der Waals surface area contributed by atoms with Gasteiger partial charge in [-0.3, -0.25) is 48.6 Å². The Morgan fingerprint density at radius 1 is 0.922 bits per heavy atom. The lowest BCUT2D eigenvalue weighted by Gasteiger charge is -2.31. The van der Waals surface area contributed by atoms with Crippen molar-refractivity contribution in [1.82, 2.24) is 28.9 Å². The van der Waals surface area contributed by atoms with Crippen LogP contribution in [0.5, 0.6) is 11.5 Å². The highest BCUT2D eigenvalue weighted by Crippen LogP contribution is 2.50. The van der Waals surface area contributed by atoms with E-state index in [4.69, 9.17) is 4.74 Å². The Hall–Kier alpha value is -6.42. The van der Waals surface area contributed by atoms with Crippen LogP contribution in [0.4, 0.5) is 5.69 Å². The predicted molar refractivity (Wildman–Crippen MR) is 180 cm³/mol. The Balaban J connectivity index is 1.24. The number of aliphatic carboxylic acids is 1. The topological polar surface area (TPSA) is 201 Å². The number of hydrogen-bond donors (Lipinski definition) is 2. The van der Waals surface area contributed by atoms with Crippen molar-refractivity contribution < 1.29 is 29.2 Å². The number of fused-ring (bicyclic) bond motifs is 2. The lowest BCUT2D eigenvalue weighted by Crippen LogP contribution is -2.57. The van der Waals surface area contributed by atoms with Gasteiger partial charge in [-0.2, -0.15) is 0 Å². The normalized spacial score (nSPS) is 21.3. The van der Waals surface area contributed by atoms with E-state index in [1.165, 1.54) is 53.8 Å². The highest BCUT2D eigenvalue weighted by atomic mass is 16.6. The van der Waals surface area contributed by atoms with Crippen LogP contribution in [-0.4, -0.2) is 63.5 Å². The van der Waals surface area contributed by atoms with Crippen molar-refractivity contribution >= 4 is 34.6 Å². The number of aryl methyl sites for hydroxylation is 1. The van der Waals surface area contributed by atoms with Crippen LogP contribution in [0, 0.1) is 22.0 Å². The van der Waals surface area contributed by atoms with Gasteiger partial charge in [-0.05, 0) is 35.4 Å². The molecule has 2 aromatic heterocycles. The zero-order chi connectivity index (χ0) is 36.2. The van der Waals surface area contributed by atoms with E-state index >= 15 is 0 Å². The average Bonchev–Trinajstić information content (AvgIpc) is 3.78. The van der Waals surface area contributed by atoms with Crippen LogP contribution in [0.3, 0.4) is 0 Å². The number of nitro groups is 1. The van der Waals surface area contributed by atoms with Crippen molar-refractivity contribution in [2.24, 2.45) is 25.9 Å². The fourth-order valence-corrected chi connectivity index (χ4v) is 7.20. The lowest BCUT2D eigenvalue weighted by molar-refractivity contribution is -0.384. The van der Waals surface area contributed by atoms with E-state index in [0.717, 1.165) is 9.47 Å². The molecule has 4 atom stereocenters. The number of rotatable bonds is 10. The monoisotopic (exact) mass is 693 g/mol. The van der Waals surface area contributed by atoms with E-state index in [1.807, 2.05) is 18.2 Å². The molecule has 7 rings (SSSR count). The van der Waals surface area contributed by atoms with Crippen molar-refractivity contribution in [3.8, 4) is 11.5 Å². The van der Waals surface area contributed by atoms with E-state index in [-0.39, 0.29) is 36.4 Å². The first kappa shape index (κ1) is 33.1. The molecule has 0 spiro atoms. The number of amides is 2. The quantitative estimate of drug-likeness (QED) is 0.123. The van der Waals surface area contributed by atoms with Crippen LogP contribution in [-0.2, 0) is 41.4 Å². The van der Waals surface area contributed by atoms with Gasteiger partial charge < -0.3 is 14.4 Å². The number of benzene rings is 3. The summed E-state index contributed by atoms with van der Waals surface area (Å²) in [7, 11) is 2.81. The van der Waals surface area contributed by atoms with Crippen LogP contribution in [0.2, 0.25) is 0 Å². The van der Waals surface area contributed by atoms with Crippen molar-refractivity contribution in [3.05, 3.63) is 127 Å². The van der Waals surface area contributed by atoms with Crippen LogP contribution < -0.4 is 21.3 Å². The first-order valence-electron chi connectivity index (χ1n) is 15.9. The Bertz CT molecular complexity index is 2330. The Kier molecular flexibility index (Phi) is 8.10. The maximum Gasteiger partial charge on any atom is 0.332 e. The minimum atomic E-state index is -1.97. The number of nitro benzene ring substituents is 1. The number of non-ortho nitro benzene ring substituents is 1. The Labute approximate surface area is 288 Å². The van der Waals surface area contributed by atoms with Crippen LogP contribution in [0.1, 0.15) is 17.2 Å². The standard InChI is InChI=1S/C35H31N7O9/c1-38-29-28(32(45)39(2)34(38)48)40(19-36-29)16-17-41-30(43)25-26(31(41)44)35(33(46)47,18-20-8-12-22(13-9-20)42(49)50)37-27(25)21-10-14-24(15-11-21)51-23-6-4-3-5-7-23/h3-15,19,25-27,37H,16-18H2,1-2H3,(H,46,47). The second kappa shape index (κ2) is 12.5. The molecular formula is C35H31N7O9. The summed E-state index contributed by atoms with van der Waals surface area (Å²) in [6.45, 7) is -0.251. The molecule has 0 aliphatic carbocycles. The number of para-hydroxylation sites is 1. The smallest absolute Gasteiger partial charge is 0.332 e. The molecule has 16 nitrogen and oxygen atoms in total. The number of nitrogens with one attached hydrogen (secondary N) is 1. The minimum absolute atomic E-state index is 0.0487. The zero-order valence-electron chi connectivity index (χ0n) is 27.3. The molecule has 5 aromatic rings. The number of likely N-dealkylation sites (tertiary alicyclic amines) is 1. The van der Waals surface area contributed by atoms with Gasteiger partial charge >= 0.3 is 11.7 Å². The molecule has 16 heteroatoms. The molecule has 4 unspecified atom stereocenters. The number of aromatic nitrogens is 4. The highest BCUT2D eigenvalue weighted by molar-refractivity contribution is 6.09. The zero-order valence-corrected chi connectivity index (χ0v) is 27.3. The molecule has 2 aliphatic heterocycles. The van der Waals surface area contributed by atoms with E-state index in [2.05, 4.69) is 10.3 Å². The maximum atomic E-state index is 14.3. The number of hydrogen-bond acceptors (Lipinski definition) is 10. The summed E-state index contributed by atoms with van der Waals surface area (Å²) in [4.78, 5) is 83.2. The molecule has 3 aromatic carbocycles. The van der Waals surface area contributed by atoms with E-state index in [1.54, 1.807) is 36.4 Å². The SMILES string of the molecule is Cn1c(=O)c2c(ncn2CCN2C(=O)C3C(c4ccc(Oc5ccccc5)cc4)NC(Cc4ccc([N+](=O)[O-])cc4)(C(=O)O)C3C2=O)n(C)c1=O. The molecule has 2 N–H and O–H groups in total. The second-order valence-electron chi connectivity index (χ2n) is 12.6. The van der Waals surface area contributed by atoms with Crippen LogP contribution in [0.25, 0.3) is 11.2 Å². The van der Waals surface area contributed by atoms with Gasteiger partial charge in [-0.25, -0.2) is 9.78 Å². The molecule has 2 amide bonds. The van der Waals surface area contributed by atoms with Gasteiger partial charge in [0, 0.05) is 51.8 Å². The maximum absolute atomic E-state index is 14.3. The summed E-state index contributed by atoms with van der Waals surface area (Å²) in [5.74, 6) is -4.04. The lowest BCUT2D eigenvalue weighted by atomic mass is 9.76. The summed E-state index contributed by atoms with van der Waals surface area (Å²) in [6, 6.07) is 20.3. The molecule has 260 valence electrons. The third kappa shape index (κ3) is 5.45. The van der Waals surface area contributed by atoms with Gasteiger partial charge in [0.1, 0.15) is 17.0 Å². The second-order valence-corrected chi connectivity index (χ2v) is 12.6. The van der Waals surface area contributed by atoms with E-state index in [9.17, 15) is 39.2 Å². The molecule has 0 saturated carbocycles. The number of imide groups is 1. The van der Waals surface area contributed by atoms with E-state index in [0.29, 0.717) is 22.6 Å². The number of imidazole rings is 1. The molecule has 2 fully saturated rings. The van der Waals surface area contributed by atoms with E-state index < -0.39 is 57.4 Å². The molecular weight excluding hydrogens is 662 g/mol. The van der Waals surface area contributed by atoms with Gasteiger partial charge in [-0.1, -0.05) is 42.5 Å². The van der Waals surface area contributed by atoms with Gasteiger partial charge in [-0.15, -0.1) is 0 Å². The number of carboxylic acid groups (broad SMARTS) is 1. The number of ether oxygens (including phenoxy) is 1. The van der Waals surface area contributed by atoms with Crippen LogP contribution >= 0.6 is 0 Å². The Morgan fingerprint density at radius 3 is 2.24 bits per heavy atom. The van der Waals surface area contributed by atoms with Crippen LogP contribution in [0.15, 0.2) is 94.8 Å². The summed E-state index contributed by atoms with van der Waals surface area (Å²) in [5.41, 5.74) is -2.12. The first-order valence-corrected chi connectivity index (χ1v) is 15.9. The van der Waals surface area contributed by atoms with Gasteiger partial charge in [0.25, 0.3) is 11.2 Å². The molecule has 2 saturated heterocycles. The number of carboxylic acids is 1. The third-order valence-corrected chi connectivity index (χ3v) is 9.76. The first-order chi connectivity index (χ1) is 24.4. The summed E-state index contributed by atoms with van der Waals surface area (Å²) in [6.07, 6.45) is 1.09. The Morgan fingerprint density at radius 2 is 1.59 bits per heavy atom. The molecule has 0 radical (unpaired) electrons. The van der Waals surface area contributed by atoms with Crippen molar-refractivity contribution in [2.45, 2.75) is 24.5 Å². The number of carbonyl (C=O) groups is 3. The summed E-state index contributed by atoms with van der Waals surface area (Å²) in [5, 5.41) is 25.2. The van der Waals surface area contributed by atoms with Crippen molar-refractivity contribution in [2.75, 3.05) is 6.54 Å². The average molecular weight is 694 g/mol. The van der Waals surface area contributed by atoms with Gasteiger partial charge in [0.15, 0.2) is 11.2 Å². The largest absolute Gasteiger partial charge is 0.480 e. The number of carbonyl (C=O) groups excluding carboxylic acids is 2. The molecule has 2 aliphatic rings. The van der Waals surface area contributed by atoms with Crippen molar-refractivity contribution in [3.63, 3.8) is 0 Å². The fourth-order valence-electron chi connectivity index (χ4n) is 7.20. The molecule has 51 heavy (non-hydrogen) atoms. The molecule has 0 bridgehead atoms. The number of nitrogens with zero attached hydrogens (tertiary/aromatic N) is 6. The summed E-state index contributed by atoms with van der Waals surface area (Å²) < 4.78 is 9.51.